The first-order chi connectivity index (χ1) is 18.7. The molecule has 1 fully saturated rings. The number of hydrogen-bond donors (Lipinski definition) is 3. The van der Waals surface area contributed by atoms with Crippen LogP contribution in [0.4, 0.5) is 5.69 Å². The summed E-state index contributed by atoms with van der Waals surface area (Å²) in [5, 5.41) is 12.6. The third-order valence-electron chi connectivity index (χ3n) is 6.20. The zero-order valence-electron chi connectivity index (χ0n) is 20.8. The molecule has 3 aromatic rings. The predicted octanol–water partition coefficient (Wildman–Crippen LogP) is 4.55. The van der Waals surface area contributed by atoms with E-state index in [-0.39, 0.29) is 51.9 Å². The quantitative estimate of drug-likeness (QED) is 0.335. The number of carbonyl (C=O) groups excluding carboxylic acids is 2. The normalized spacial score (nSPS) is 15.5. The maximum absolute atomic E-state index is 13.1. The molecule has 0 aromatic heterocycles. The minimum Gasteiger partial charge on any atom is -0.454 e. The molecule has 39 heavy (non-hydrogen) atoms. The first kappa shape index (κ1) is 28.7. The molecule has 0 saturated carbocycles. The van der Waals surface area contributed by atoms with E-state index < -0.39 is 15.9 Å². The van der Waals surface area contributed by atoms with Gasteiger partial charge >= 0.3 is 0 Å². The number of anilines is 1. The molecule has 1 aliphatic heterocycles. The molecule has 0 spiro atoms. The SMILES string of the molecule is O=C(NCC(=O)N1CCCC(CO)C1)c1ccc(S(=O)(=O)Nc2ccccc2Oc2ccc(Cl)cc2Cl)cc1. The Balaban J connectivity index is 1.39. The fraction of sp³-hybridized carbons (Fsp3) is 0.259. The molecule has 1 saturated heterocycles. The largest absolute Gasteiger partial charge is 0.454 e. The smallest absolute Gasteiger partial charge is 0.262 e. The van der Waals surface area contributed by atoms with Crippen molar-refractivity contribution in [2.24, 2.45) is 5.92 Å². The maximum Gasteiger partial charge on any atom is 0.262 e. The zero-order chi connectivity index (χ0) is 28.0. The second kappa shape index (κ2) is 12.7. The van der Waals surface area contributed by atoms with Gasteiger partial charge in [-0.1, -0.05) is 35.3 Å². The number of hydrogen-bond acceptors (Lipinski definition) is 6. The van der Waals surface area contributed by atoms with Gasteiger partial charge in [-0.2, -0.15) is 0 Å². The average molecular weight is 593 g/mol. The van der Waals surface area contributed by atoms with Crippen molar-refractivity contribution in [2.45, 2.75) is 17.7 Å². The first-order valence-corrected chi connectivity index (χ1v) is 14.4. The van der Waals surface area contributed by atoms with Crippen LogP contribution in [0.15, 0.2) is 71.6 Å². The Morgan fingerprint density at radius 1 is 1.03 bits per heavy atom. The minimum absolute atomic E-state index is 0.0234. The number of carbonyl (C=O) groups is 2. The third-order valence-corrected chi connectivity index (χ3v) is 8.11. The molecule has 1 atom stereocenters. The molecule has 0 radical (unpaired) electrons. The fourth-order valence-corrected chi connectivity index (χ4v) is 5.63. The molecule has 206 valence electrons. The van der Waals surface area contributed by atoms with Crippen molar-refractivity contribution in [1.82, 2.24) is 10.2 Å². The Labute approximate surface area is 236 Å². The second-order valence-electron chi connectivity index (χ2n) is 9.02. The summed E-state index contributed by atoms with van der Waals surface area (Å²) in [7, 11) is -4.03. The molecule has 0 bridgehead atoms. The van der Waals surface area contributed by atoms with Gasteiger partial charge in [-0.3, -0.25) is 14.3 Å². The van der Waals surface area contributed by atoms with Crippen molar-refractivity contribution in [3.63, 3.8) is 0 Å². The van der Waals surface area contributed by atoms with E-state index in [4.69, 9.17) is 27.9 Å². The van der Waals surface area contributed by atoms with Crippen molar-refractivity contribution in [2.75, 3.05) is 31.0 Å². The Morgan fingerprint density at radius 3 is 2.49 bits per heavy atom. The van der Waals surface area contributed by atoms with E-state index in [2.05, 4.69) is 10.0 Å². The number of piperidine rings is 1. The third kappa shape index (κ3) is 7.42. The van der Waals surface area contributed by atoms with Crippen LogP contribution in [0.5, 0.6) is 11.5 Å². The Kier molecular flexibility index (Phi) is 9.34. The van der Waals surface area contributed by atoms with Crippen molar-refractivity contribution in [3.8, 4) is 11.5 Å². The van der Waals surface area contributed by atoms with E-state index in [1.807, 2.05) is 0 Å². The zero-order valence-corrected chi connectivity index (χ0v) is 23.1. The van der Waals surface area contributed by atoms with Crippen molar-refractivity contribution in [3.05, 3.63) is 82.3 Å². The van der Waals surface area contributed by atoms with Crippen molar-refractivity contribution >= 4 is 50.7 Å². The summed E-state index contributed by atoms with van der Waals surface area (Å²) in [4.78, 5) is 26.6. The molecule has 3 N–H and O–H groups in total. The highest BCUT2D eigenvalue weighted by molar-refractivity contribution is 7.92. The highest BCUT2D eigenvalue weighted by Crippen LogP contribution is 2.35. The highest BCUT2D eigenvalue weighted by Gasteiger charge is 2.24. The van der Waals surface area contributed by atoms with Gasteiger partial charge in [0, 0.05) is 30.3 Å². The first-order valence-electron chi connectivity index (χ1n) is 12.2. The Morgan fingerprint density at radius 2 is 1.77 bits per heavy atom. The van der Waals surface area contributed by atoms with Crippen LogP contribution in [0.2, 0.25) is 10.0 Å². The van der Waals surface area contributed by atoms with E-state index in [0.29, 0.717) is 23.9 Å². The summed E-state index contributed by atoms with van der Waals surface area (Å²) in [5.41, 5.74) is 0.389. The summed E-state index contributed by atoms with van der Waals surface area (Å²) >= 11 is 12.1. The summed E-state index contributed by atoms with van der Waals surface area (Å²) in [6.07, 6.45) is 1.67. The van der Waals surface area contributed by atoms with Crippen LogP contribution in [-0.2, 0) is 14.8 Å². The molecular weight excluding hydrogens is 565 g/mol. The van der Waals surface area contributed by atoms with Crippen molar-refractivity contribution in [1.29, 1.82) is 0 Å². The number of aliphatic hydroxyl groups excluding tert-OH is 1. The van der Waals surface area contributed by atoms with Gasteiger partial charge in [0.25, 0.3) is 15.9 Å². The molecule has 1 heterocycles. The van der Waals surface area contributed by atoms with Gasteiger partial charge in [0.1, 0.15) is 5.75 Å². The Hall–Kier alpha value is -3.31. The number of halogens is 2. The van der Waals surface area contributed by atoms with Gasteiger partial charge in [-0.15, -0.1) is 0 Å². The molecule has 9 nitrogen and oxygen atoms in total. The van der Waals surface area contributed by atoms with Crippen LogP contribution in [0.1, 0.15) is 23.2 Å². The van der Waals surface area contributed by atoms with E-state index in [1.165, 1.54) is 30.3 Å². The van der Waals surface area contributed by atoms with Gasteiger partial charge in [-0.25, -0.2) is 8.42 Å². The molecule has 2 amide bonds. The van der Waals surface area contributed by atoms with Gasteiger partial charge in [0.2, 0.25) is 5.91 Å². The molecule has 3 aromatic carbocycles. The number of nitrogens with one attached hydrogen (secondary N) is 2. The van der Waals surface area contributed by atoms with Crippen LogP contribution < -0.4 is 14.8 Å². The number of ether oxygens (including phenoxy) is 1. The molecule has 12 heteroatoms. The van der Waals surface area contributed by atoms with E-state index in [9.17, 15) is 23.1 Å². The summed E-state index contributed by atoms with van der Waals surface area (Å²) in [6, 6.07) is 16.5. The summed E-state index contributed by atoms with van der Waals surface area (Å²) < 4.78 is 34.4. The molecular formula is C27H27Cl2N3O6S. The number of amides is 2. The lowest BCUT2D eigenvalue weighted by atomic mass is 9.99. The number of para-hydroxylation sites is 2. The summed E-state index contributed by atoms with van der Waals surface area (Å²) in [5.74, 6) is -0.157. The number of likely N-dealkylation sites (tertiary alicyclic amines) is 1. The minimum atomic E-state index is -4.03. The number of aliphatic hydroxyl groups is 1. The second-order valence-corrected chi connectivity index (χ2v) is 11.5. The number of nitrogens with zero attached hydrogens (tertiary/aromatic N) is 1. The lowest BCUT2D eigenvalue weighted by Crippen LogP contribution is -2.45. The molecule has 1 aliphatic rings. The van der Waals surface area contributed by atoms with Crippen LogP contribution in [-0.4, -0.2) is 56.5 Å². The maximum atomic E-state index is 13.1. The molecule has 4 rings (SSSR count). The van der Waals surface area contributed by atoms with Gasteiger partial charge < -0.3 is 20.1 Å². The van der Waals surface area contributed by atoms with Gasteiger partial charge in [-0.05, 0) is 73.4 Å². The van der Waals surface area contributed by atoms with E-state index >= 15 is 0 Å². The standard InChI is InChI=1S/C27H27Cl2N3O6S/c28-20-9-12-24(22(29)14-20)38-25-6-2-1-5-23(25)31-39(36,37)21-10-7-19(8-11-21)27(35)30-15-26(34)32-13-3-4-18(16-32)17-33/h1-2,5-12,14,18,31,33H,3-4,13,15-17H2,(H,30,35). The van der Waals surface area contributed by atoms with Gasteiger partial charge in [0.15, 0.2) is 5.75 Å². The van der Waals surface area contributed by atoms with Gasteiger partial charge in [0.05, 0.1) is 22.2 Å². The van der Waals surface area contributed by atoms with Crippen LogP contribution in [0.3, 0.4) is 0 Å². The van der Waals surface area contributed by atoms with E-state index in [1.54, 1.807) is 41.3 Å². The fourth-order valence-electron chi connectivity index (χ4n) is 4.12. The van der Waals surface area contributed by atoms with Crippen molar-refractivity contribution < 1.29 is 27.9 Å². The number of sulfonamides is 1. The number of rotatable bonds is 9. The average Bonchev–Trinajstić information content (AvgIpc) is 2.94. The highest BCUT2D eigenvalue weighted by atomic mass is 35.5. The topological polar surface area (TPSA) is 125 Å². The lowest BCUT2D eigenvalue weighted by Gasteiger charge is -2.31. The monoisotopic (exact) mass is 591 g/mol. The Bertz CT molecular complexity index is 1450. The summed E-state index contributed by atoms with van der Waals surface area (Å²) in [6.45, 7) is 0.889. The lowest BCUT2D eigenvalue weighted by molar-refractivity contribution is -0.132. The molecule has 0 aliphatic carbocycles. The molecule has 1 unspecified atom stereocenters. The van der Waals surface area contributed by atoms with Crippen LogP contribution in [0.25, 0.3) is 0 Å². The van der Waals surface area contributed by atoms with Crippen LogP contribution >= 0.6 is 23.2 Å². The van der Waals surface area contributed by atoms with Crippen LogP contribution in [0, 0.1) is 5.92 Å². The predicted molar refractivity (Wildman–Crippen MR) is 149 cm³/mol. The van der Waals surface area contributed by atoms with E-state index in [0.717, 1.165) is 12.8 Å². The number of benzene rings is 3.